The third-order valence-corrected chi connectivity index (χ3v) is 41.9. The van der Waals surface area contributed by atoms with E-state index in [1.54, 1.807) is 75.9 Å². The van der Waals surface area contributed by atoms with Gasteiger partial charge in [0.25, 0.3) is 0 Å². The largest absolute Gasteiger partial charge is 0.465 e. The maximum Gasteiger partial charge on any atom is 0.337 e. The maximum absolute atomic E-state index is 12.9. The van der Waals surface area contributed by atoms with Crippen LogP contribution in [0.1, 0.15) is 123 Å². The summed E-state index contributed by atoms with van der Waals surface area (Å²) in [5.74, 6) is 3.41. The minimum atomic E-state index is -1.23. The molecule has 37 heteroatoms. The van der Waals surface area contributed by atoms with Gasteiger partial charge >= 0.3 is 5.97 Å². The number of rotatable bonds is 31. The zero-order valence-corrected chi connectivity index (χ0v) is 90.1. The van der Waals surface area contributed by atoms with Gasteiger partial charge in [0.15, 0.2) is 0 Å². The summed E-state index contributed by atoms with van der Waals surface area (Å²) < 4.78 is 74.4. The number of hydrogen-bond acceptors (Lipinski definition) is 31. The highest BCUT2D eigenvalue weighted by Crippen LogP contribution is 2.50. The quantitative estimate of drug-likeness (QED) is 0.0199. The first-order chi connectivity index (χ1) is 68.6. The van der Waals surface area contributed by atoms with Crippen LogP contribution < -0.4 is 28.7 Å². The van der Waals surface area contributed by atoms with Crippen molar-refractivity contribution < 1.29 is 30.6 Å². The number of methoxy groups -OCH3 is 1. The lowest BCUT2D eigenvalue weighted by Gasteiger charge is -2.09. The molecule has 20 aromatic rings. The second kappa shape index (κ2) is 50.5. The van der Waals surface area contributed by atoms with E-state index in [1.807, 2.05) is 150 Å². The number of ether oxygens (including phenoxy) is 1. The van der Waals surface area contributed by atoms with Crippen molar-refractivity contribution in [3.05, 3.63) is 239 Å². The number of benzene rings is 4. The second-order valence-corrected chi connectivity index (χ2v) is 50.6. The Morgan fingerprint density at radius 1 is 0.378 bits per heavy atom. The summed E-state index contributed by atoms with van der Waals surface area (Å²) in [5.41, 5.74) is 49.9. The lowest BCUT2D eigenvalue weighted by Crippen LogP contribution is -2.01. The standard InChI is InChI=1S/C22H21N3O3S3.C21H17N3OS3.2C21H20N2OS3.C19H21N5OS3.2CH4/c1-3-4-10-31(27)22-18(23)17-15(13-6-5-7-14(11-13)21(26)28-2)12-16(25-20(17)30-22)19-24-8-9-29-19;22-10-4-5-12-28(25)21-19(23)18-15(14-7-2-1-3-8-14)13-16(24-20(18)27-21)17-9-6-11-26-17;2*1-2-3-12-27(24)21-19(22)18-15(14-8-5-4-6-9-14)13-16(23-20(18)26-21)17-10-7-11-25-17;1-4-5-8-28(25)19-16(20)15-12(14-10-22-11(2)24(14)3)9-13(23-18(15)27-19)17-21-6-7-26-17;;/h5-9,11-12H,3-4,10,23H2,1-2H3;1-3,6-9,11,13H,4-5,12,23H2;2*4-11,13H,2-3,12,22H2,1H3;6-7,9-10H,4-5,8,20H2,1-3H3;2*1H4. The Bertz CT molecular complexity index is 7750. The van der Waals surface area contributed by atoms with Crippen LogP contribution in [0, 0.1) is 18.3 Å². The summed E-state index contributed by atoms with van der Waals surface area (Å²) in [4.78, 5) is 56.8. The van der Waals surface area contributed by atoms with E-state index in [-0.39, 0.29) is 14.9 Å². The number of thiophene rings is 8. The van der Waals surface area contributed by atoms with Crippen LogP contribution in [0.5, 0.6) is 0 Å². The Hall–Kier alpha value is -11.3. The maximum atomic E-state index is 12.9. The smallest absolute Gasteiger partial charge is 0.337 e. The summed E-state index contributed by atoms with van der Waals surface area (Å²) in [7, 11) is -2.35. The third kappa shape index (κ3) is 24.4. The van der Waals surface area contributed by atoms with Gasteiger partial charge in [-0.1, -0.05) is 190 Å². The van der Waals surface area contributed by atoms with Crippen LogP contribution >= 0.6 is 113 Å². The number of nitrogens with zero attached hydrogens (tertiary/aromatic N) is 10. The number of carbonyl (C=O) groups excluding carboxylic acids is 1. The molecule has 0 aliphatic heterocycles. The molecule has 0 aliphatic carbocycles. The number of aryl methyl sites for hydroxylation is 1. The van der Waals surface area contributed by atoms with Gasteiger partial charge in [-0.05, 0) is 160 Å². The highest BCUT2D eigenvalue weighted by atomic mass is 32.2. The van der Waals surface area contributed by atoms with Gasteiger partial charge in [0, 0.05) is 97.9 Å². The van der Waals surface area contributed by atoms with Crippen molar-refractivity contribution in [2.75, 3.05) is 64.5 Å². The molecule has 0 aliphatic rings. The molecular weight excluding hydrogens is 2080 g/mol. The number of aromatic nitrogens is 9. The molecule has 5 unspecified atom stereocenters. The number of nitrogen functional groups attached to an aromatic ring is 5. The minimum absolute atomic E-state index is 0. The zero-order valence-electron chi connectivity index (χ0n) is 77.9. The van der Waals surface area contributed by atoms with Crippen LogP contribution in [0.4, 0.5) is 28.4 Å². The van der Waals surface area contributed by atoms with Crippen molar-refractivity contribution in [1.29, 1.82) is 5.26 Å². The summed E-state index contributed by atoms with van der Waals surface area (Å²) >= 11 is 15.1. The van der Waals surface area contributed by atoms with Gasteiger partial charge in [-0.2, -0.15) is 5.26 Å². The van der Waals surface area contributed by atoms with Crippen LogP contribution in [-0.4, -0.2) is 107 Å². The highest BCUT2D eigenvalue weighted by molar-refractivity contribution is 7.89. The molecule has 4 aromatic carbocycles. The van der Waals surface area contributed by atoms with Crippen molar-refractivity contribution in [2.45, 2.75) is 135 Å². The fraction of sp³-hybridized carbons (Fsp3) is 0.226. The van der Waals surface area contributed by atoms with Crippen LogP contribution in [0.2, 0.25) is 0 Å². The van der Waals surface area contributed by atoms with Crippen LogP contribution in [0.3, 0.4) is 0 Å². The molecule has 10 N–H and O–H groups in total. The highest BCUT2D eigenvalue weighted by Gasteiger charge is 2.29. The summed E-state index contributed by atoms with van der Waals surface area (Å²) in [6, 6.07) is 62.3. The predicted octanol–water partition coefficient (Wildman–Crippen LogP) is 29.3. The van der Waals surface area contributed by atoms with Crippen molar-refractivity contribution in [3.63, 3.8) is 0 Å². The van der Waals surface area contributed by atoms with E-state index in [0.717, 1.165) is 215 Å². The topological polar surface area (TPSA) is 374 Å². The number of hydrogen-bond donors (Lipinski definition) is 5. The average molecular weight is 2180 g/mol. The molecule has 0 radical (unpaired) electrons. The molecule has 22 nitrogen and oxygen atoms in total. The first kappa shape index (κ1) is 107. The number of thiazole rings is 2. The monoisotopic (exact) mass is 2180 g/mol. The van der Waals surface area contributed by atoms with E-state index in [0.29, 0.717) is 98.8 Å². The second-order valence-electron chi connectivity index (χ2n) is 32.1. The van der Waals surface area contributed by atoms with E-state index < -0.39 is 60.0 Å². The van der Waals surface area contributed by atoms with Gasteiger partial charge in [0.2, 0.25) is 0 Å². The normalized spacial score (nSPS) is 12.2. The molecule has 16 heterocycles. The van der Waals surface area contributed by atoms with Crippen LogP contribution in [0.25, 0.3) is 160 Å². The van der Waals surface area contributed by atoms with Crippen molar-refractivity contribution in [2.24, 2.45) is 7.05 Å². The Balaban J connectivity index is 0.000000141. The number of nitriles is 1. The minimum Gasteiger partial charge on any atom is -0.465 e. The number of nitrogens with two attached hydrogens (primary N) is 5. The van der Waals surface area contributed by atoms with Crippen molar-refractivity contribution in [3.8, 4) is 115 Å². The number of imidazole rings is 1. The number of anilines is 5. The molecule has 0 amide bonds. The first-order valence-corrected chi connectivity index (χ1v) is 60.4. The number of fused-ring (bicyclic) bond motifs is 5. The van der Waals surface area contributed by atoms with Gasteiger partial charge in [0.1, 0.15) is 72.4 Å². The Morgan fingerprint density at radius 2 is 0.685 bits per heavy atom. The molecule has 0 saturated heterocycles. The Labute approximate surface area is 884 Å². The van der Waals surface area contributed by atoms with E-state index in [1.165, 1.54) is 75.1 Å². The predicted molar refractivity (Wildman–Crippen MR) is 617 cm³/mol. The van der Waals surface area contributed by atoms with E-state index in [4.69, 9.17) is 63.6 Å². The number of unbranched alkanes of at least 4 members (excludes halogenated alkanes) is 5. The number of carbonyl (C=O) groups is 1. The lowest BCUT2D eigenvalue weighted by molar-refractivity contribution is 0.0600. The van der Waals surface area contributed by atoms with Gasteiger partial charge in [0.05, 0.1) is 145 Å². The van der Waals surface area contributed by atoms with Gasteiger partial charge in [-0.15, -0.1) is 113 Å². The van der Waals surface area contributed by atoms with Crippen molar-refractivity contribution in [1.82, 2.24) is 44.4 Å². The summed E-state index contributed by atoms with van der Waals surface area (Å²) in [6.45, 7) is 10.3. The SMILES string of the molecule is C.C.CCCCS(=O)c1sc2nc(-c3cccs3)cc(-c3ccccc3)c2c1N.CCCCS(=O)c1sc2nc(-c3cccs3)cc(-c3ccccc3)c2c1N.CCCCS(=O)c1sc2nc(-c3nccs3)cc(-c3cccc(C(=O)OC)c3)c2c1N.CCCCS(=O)c1sc2nc(-c3nccs3)cc(-c3cnc(C)n3C)c2c1N.N#CCCCS(=O)c1sc2nc(-c3cccs3)cc(-c3ccccc3)c2c1N. The third-order valence-electron chi connectivity index (χ3n) is 22.7. The van der Waals surface area contributed by atoms with Gasteiger partial charge < -0.3 is 38.0 Å². The molecular formula is C106H107N15O7S15. The fourth-order valence-corrected chi connectivity index (χ4v) is 32.5. The fourth-order valence-electron chi connectivity index (χ4n) is 15.4. The molecule has 0 bridgehead atoms. The van der Waals surface area contributed by atoms with Crippen LogP contribution in [0.15, 0.2) is 249 Å². The van der Waals surface area contributed by atoms with Crippen molar-refractivity contribution >= 4 is 253 Å². The van der Waals surface area contributed by atoms with Gasteiger partial charge in [-0.25, -0.2) is 44.7 Å². The molecule has 0 saturated carbocycles. The zero-order chi connectivity index (χ0) is 98.9. The Kier molecular flexibility index (Phi) is 37.9. The lowest BCUT2D eigenvalue weighted by atomic mass is 10.00. The summed E-state index contributed by atoms with van der Waals surface area (Å²) in [6.07, 6.45) is 14.0. The molecule has 0 fully saturated rings. The molecule has 143 heavy (non-hydrogen) atoms. The molecule has 0 spiro atoms. The average Bonchev–Trinajstić information content (AvgIpc) is 1.27. The van der Waals surface area contributed by atoms with E-state index in [9.17, 15) is 25.8 Å². The van der Waals surface area contributed by atoms with E-state index >= 15 is 0 Å². The first-order valence-electron chi connectivity index (χ1n) is 45.3. The molecule has 16 aromatic heterocycles. The number of esters is 1. The number of pyridine rings is 5. The summed E-state index contributed by atoms with van der Waals surface area (Å²) in [5, 5.41) is 24.6. The van der Waals surface area contributed by atoms with E-state index in [2.05, 4.69) is 114 Å². The van der Waals surface area contributed by atoms with Gasteiger partial charge in [-0.3, -0.25) is 21.0 Å². The molecule has 738 valence electrons. The molecule has 5 atom stereocenters. The Morgan fingerprint density at radius 3 is 0.979 bits per heavy atom. The van der Waals surface area contributed by atoms with Crippen LogP contribution in [-0.2, 0) is 65.8 Å². The molecule has 20 rings (SSSR count).